The number of rotatable bonds is 6. The lowest BCUT2D eigenvalue weighted by atomic mass is 9.85. The lowest BCUT2D eigenvalue weighted by Crippen LogP contribution is -2.35. The fourth-order valence-electron chi connectivity index (χ4n) is 3.48. The van der Waals surface area contributed by atoms with E-state index in [2.05, 4.69) is 5.32 Å². The predicted octanol–water partition coefficient (Wildman–Crippen LogP) is 2.21. The zero-order valence-corrected chi connectivity index (χ0v) is 16.0. The molecule has 7 heteroatoms. The number of hydrogen-bond donors (Lipinski definition) is 1. The normalized spacial score (nSPS) is 22.0. The van der Waals surface area contributed by atoms with Crippen LogP contribution in [-0.4, -0.2) is 41.2 Å². The van der Waals surface area contributed by atoms with Gasteiger partial charge in [0.05, 0.1) is 18.3 Å². The van der Waals surface area contributed by atoms with Crippen LogP contribution in [0.1, 0.15) is 31.7 Å². The van der Waals surface area contributed by atoms with Gasteiger partial charge in [-0.1, -0.05) is 29.8 Å². The zero-order valence-electron chi connectivity index (χ0n) is 16.0. The van der Waals surface area contributed by atoms with Crippen molar-refractivity contribution >= 4 is 29.4 Å². The van der Waals surface area contributed by atoms with Gasteiger partial charge in [0.1, 0.15) is 0 Å². The van der Waals surface area contributed by atoms with E-state index in [4.69, 9.17) is 4.74 Å². The molecule has 148 valence electrons. The number of esters is 1. The van der Waals surface area contributed by atoms with Crippen molar-refractivity contribution < 1.29 is 23.9 Å². The second-order valence-corrected chi connectivity index (χ2v) is 7.22. The van der Waals surface area contributed by atoms with Crippen molar-refractivity contribution in [3.63, 3.8) is 0 Å². The van der Waals surface area contributed by atoms with Crippen molar-refractivity contribution in [1.29, 1.82) is 0 Å². The topological polar surface area (TPSA) is 92.8 Å². The third kappa shape index (κ3) is 4.30. The van der Waals surface area contributed by atoms with Crippen LogP contribution in [0, 0.1) is 18.8 Å². The Morgan fingerprint density at radius 2 is 1.68 bits per heavy atom. The van der Waals surface area contributed by atoms with Gasteiger partial charge in [0.25, 0.3) is 5.91 Å². The number of nitrogens with zero attached hydrogens (tertiary/aromatic N) is 1. The SMILES string of the molecule is Cc1ccc(NC(=O)[C@@H](C)OC(=O)CCN2C(=O)[C@H]3CC=CC[C@H]3C2=O)cc1. The van der Waals surface area contributed by atoms with Gasteiger partial charge < -0.3 is 10.1 Å². The van der Waals surface area contributed by atoms with Gasteiger partial charge in [-0.15, -0.1) is 0 Å². The molecule has 1 aromatic carbocycles. The number of hydrogen-bond acceptors (Lipinski definition) is 5. The summed E-state index contributed by atoms with van der Waals surface area (Å²) in [6.45, 7) is 3.40. The number of nitrogens with one attached hydrogen (secondary N) is 1. The highest BCUT2D eigenvalue weighted by atomic mass is 16.5. The first-order chi connectivity index (χ1) is 13.4. The highest BCUT2D eigenvalue weighted by Gasteiger charge is 2.47. The summed E-state index contributed by atoms with van der Waals surface area (Å²) in [5.74, 6) is -2.14. The van der Waals surface area contributed by atoms with Gasteiger partial charge in [0.15, 0.2) is 6.10 Å². The number of likely N-dealkylation sites (tertiary alicyclic amines) is 1. The molecule has 0 radical (unpaired) electrons. The maximum Gasteiger partial charge on any atom is 0.308 e. The average Bonchev–Trinajstić information content (AvgIpc) is 2.92. The Hall–Kier alpha value is -2.96. The lowest BCUT2D eigenvalue weighted by molar-refractivity contribution is -0.154. The third-order valence-corrected chi connectivity index (χ3v) is 5.13. The summed E-state index contributed by atoms with van der Waals surface area (Å²) in [5.41, 5.74) is 1.68. The van der Waals surface area contributed by atoms with Crippen LogP contribution in [0.15, 0.2) is 36.4 Å². The van der Waals surface area contributed by atoms with Crippen LogP contribution in [0.2, 0.25) is 0 Å². The Labute approximate surface area is 163 Å². The zero-order chi connectivity index (χ0) is 20.3. The third-order valence-electron chi connectivity index (χ3n) is 5.13. The van der Waals surface area contributed by atoms with Gasteiger partial charge in [-0.25, -0.2) is 0 Å². The first-order valence-electron chi connectivity index (χ1n) is 9.44. The molecule has 0 bridgehead atoms. The number of fused-ring (bicyclic) bond motifs is 1. The lowest BCUT2D eigenvalue weighted by Gasteiger charge is -2.16. The molecule has 2 aliphatic rings. The van der Waals surface area contributed by atoms with E-state index >= 15 is 0 Å². The standard InChI is InChI=1S/C21H24N2O5/c1-13-7-9-15(10-8-13)22-19(25)14(2)28-18(24)11-12-23-20(26)16-5-3-4-6-17(16)21(23)27/h3-4,7-10,14,16-17H,5-6,11-12H2,1-2H3,(H,22,25)/t14-,16-,17+/m1/s1. The summed E-state index contributed by atoms with van der Waals surface area (Å²) in [5, 5.41) is 2.68. The van der Waals surface area contributed by atoms with Crippen LogP contribution in [0.3, 0.4) is 0 Å². The van der Waals surface area contributed by atoms with Crippen LogP contribution < -0.4 is 5.32 Å². The van der Waals surface area contributed by atoms with Crippen LogP contribution in [0.5, 0.6) is 0 Å². The van der Waals surface area contributed by atoms with Crippen molar-refractivity contribution in [3.05, 3.63) is 42.0 Å². The molecule has 1 N–H and O–H groups in total. The number of allylic oxidation sites excluding steroid dienone is 2. The number of ether oxygens (including phenoxy) is 1. The van der Waals surface area contributed by atoms with E-state index < -0.39 is 18.0 Å². The van der Waals surface area contributed by atoms with E-state index in [1.165, 1.54) is 6.92 Å². The molecule has 1 aromatic rings. The first kappa shape index (κ1) is 19.8. The molecule has 0 spiro atoms. The Bertz CT molecular complexity index is 789. The number of carbonyl (C=O) groups excluding carboxylic acids is 4. The molecule has 1 aliphatic heterocycles. The van der Waals surface area contributed by atoms with E-state index in [-0.39, 0.29) is 36.6 Å². The molecule has 0 saturated carbocycles. The number of benzene rings is 1. The van der Waals surface area contributed by atoms with Gasteiger partial charge in [-0.05, 0) is 38.8 Å². The molecular formula is C21H24N2O5. The Morgan fingerprint density at radius 3 is 2.25 bits per heavy atom. The Kier molecular flexibility index (Phi) is 5.92. The fraction of sp³-hybridized carbons (Fsp3) is 0.429. The van der Waals surface area contributed by atoms with Gasteiger partial charge in [0.2, 0.25) is 11.8 Å². The number of aryl methyl sites for hydroxylation is 1. The molecule has 3 amide bonds. The second kappa shape index (κ2) is 8.37. The van der Waals surface area contributed by atoms with Crippen molar-refractivity contribution in [3.8, 4) is 0 Å². The molecule has 3 rings (SSSR count). The minimum atomic E-state index is -0.981. The Morgan fingerprint density at radius 1 is 1.11 bits per heavy atom. The molecule has 0 aromatic heterocycles. The van der Waals surface area contributed by atoms with Crippen LogP contribution >= 0.6 is 0 Å². The molecule has 7 nitrogen and oxygen atoms in total. The van der Waals surface area contributed by atoms with Gasteiger partial charge in [-0.3, -0.25) is 24.1 Å². The van der Waals surface area contributed by atoms with Crippen molar-refractivity contribution in [2.24, 2.45) is 11.8 Å². The van der Waals surface area contributed by atoms with E-state index in [9.17, 15) is 19.2 Å². The van der Waals surface area contributed by atoms with Crippen molar-refractivity contribution in [1.82, 2.24) is 4.90 Å². The van der Waals surface area contributed by atoms with Crippen LogP contribution in [0.4, 0.5) is 5.69 Å². The van der Waals surface area contributed by atoms with E-state index in [1.54, 1.807) is 12.1 Å². The molecule has 0 unspecified atom stereocenters. The number of amides is 3. The van der Waals surface area contributed by atoms with Crippen LogP contribution in [-0.2, 0) is 23.9 Å². The first-order valence-corrected chi connectivity index (χ1v) is 9.44. The average molecular weight is 384 g/mol. The maximum atomic E-state index is 12.4. The highest BCUT2D eigenvalue weighted by molar-refractivity contribution is 6.05. The van der Waals surface area contributed by atoms with Gasteiger partial charge >= 0.3 is 5.97 Å². The molecule has 1 heterocycles. The quantitative estimate of drug-likeness (QED) is 0.461. The van der Waals surface area contributed by atoms with E-state index in [0.717, 1.165) is 10.5 Å². The molecule has 1 saturated heterocycles. The highest BCUT2D eigenvalue weighted by Crippen LogP contribution is 2.35. The minimum Gasteiger partial charge on any atom is -0.452 e. The molecule has 1 fully saturated rings. The summed E-state index contributed by atoms with van der Waals surface area (Å²) in [4.78, 5) is 50.1. The van der Waals surface area contributed by atoms with Crippen molar-refractivity contribution in [2.45, 2.75) is 39.2 Å². The summed E-state index contributed by atoms with van der Waals surface area (Å²) >= 11 is 0. The smallest absolute Gasteiger partial charge is 0.308 e. The minimum absolute atomic E-state index is 0.0181. The van der Waals surface area contributed by atoms with Crippen molar-refractivity contribution in [2.75, 3.05) is 11.9 Å². The van der Waals surface area contributed by atoms with Gasteiger partial charge in [0, 0.05) is 12.2 Å². The van der Waals surface area contributed by atoms with E-state index in [1.807, 2.05) is 31.2 Å². The molecule has 1 aliphatic carbocycles. The molecule has 28 heavy (non-hydrogen) atoms. The summed E-state index contributed by atoms with van der Waals surface area (Å²) < 4.78 is 5.14. The second-order valence-electron chi connectivity index (χ2n) is 7.22. The Balaban J connectivity index is 1.47. The largest absolute Gasteiger partial charge is 0.452 e. The number of carbonyl (C=O) groups is 4. The monoisotopic (exact) mass is 384 g/mol. The summed E-state index contributed by atoms with van der Waals surface area (Å²) in [6.07, 6.45) is 3.84. The summed E-state index contributed by atoms with van der Waals surface area (Å²) in [6, 6.07) is 7.26. The summed E-state index contributed by atoms with van der Waals surface area (Å²) in [7, 11) is 0. The number of imide groups is 1. The molecule has 3 atom stereocenters. The number of anilines is 1. The predicted molar refractivity (Wildman–Crippen MR) is 102 cm³/mol. The molecular weight excluding hydrogens is 360 g/mol. The van der Waals surface area contributed by atoms with Crippen LogP contribution in [0.25, 0.3) is 0 Å². The van der Waals surface area contributed by atoms with E-state index in [0.29, 0.717) is 18.5 Å². The van der Waals surface area contributed by atoms with Gasteiger partial charge in [-0.2, -0.15) is 0 Å². The fourth-order valence-corrected chi connectivity index (χ4v) is 3.48. The maximum absolute atomic E-state index is 12.4.